The molecule has 0 bridgehead atoms. The first kappa shape index (κ1) is 22.1. The number of guanidine groups is 1. The Kier molecular flexibility index (Phi) is 10.3. The zero-order valence-electron chi connectivity index (χ0n) is 13.6. The average molecular weight is 360 g/mol. The first-order valence-electron chi connectivity index (χ1n) is 7.47. The molecule has 0 saturated carbocycles. The van der Waals surface area contributed by atoms with E-state index >= 15 is 0 Å². The van der Waals surface area contributed by atoms with Gasteiger partial charge in [-0.05, 0) is 19.3 Å². The Hall–Kier alpha value is -2.89. The van der Waals surface area contributed by atoms with Crippen LogP contribution in [0.25, 0.3) is 0 Å². The molecule has 0 unspecified atom stereocenters. The highest BCUT2D eigenvalue weighted by Crippen LogP contribution is 2.03. The summed E-state index contributed by atoms with van der Waals surface area (Å²) in [5.41, 5.74) is 15.5. The van der Waals surface area contributed by atoms with Crippen LogP contribution < -0.4 is 27.8 Å². The number of nitrogens with one attached hydrogen (secondary N) is 2. The molecule has 10 N–H and O–H groups in total. The summed E-state index contributed by atoms with van der Waals surface area (Å²) in [5.74, 6) is -4.04. The van der Waals surface area contributed by atoms with Crippen LogP contribution in [0.2, 0.25) is 0 Å². The van der Waals surface area contributed by atoms with Gasteiger partial charge in [0.15, 0.2) is 5.96 Å². The summed E-state index contributed by atoms with van der Waals surface area (Å²) in [6.45, 7) is -0.134. The third-order valence-corrected chi connectivity index (χ3v) is 3.04. The molecule has 2 atom stereocenters. The van der Waals surface area contributed by atoms with Gasteiger partial charge in [-0.1, -0.05) is 0 Å². The molecule has 12 heteroatoms. The second-order valence-corrected chi connectivity index (χ2v) is 5.10. The maximum absolute atomic E-state index is 12.2. The van der Waals surface area contributed by atoms with Crippen molar-refractivity contribution in [2.45, 2.75) is 37.8 Å². The summed E-state index contributed by atoms with van der Waals surface area (Å²) in [5, 5.41) is 22.3. The van der Waals surface area contributed by atoms with E-state index in [2.05, 4.69) is 15.6 Å². The lowest BCUT2D eigenvalue weighted by atomic mass is 10.1. The van der Waals surface area contributed by atoms with Gasteiger partial charge in [-0.15, -0.1) is 0 Å². The fourth-order valence-corrected chi connectivity index (χ4v) is 1.82. The smallest absolute Gasteiger partial charge is 0.326 e. The number of rotatable bonds is 12. The lowest BCUT2D eigenvalue weighted by Gasteiger charge is -2.21. The van der Waals surface area contributed by atoms with Crippen LogP contribution >= 0.6 is 0 Å². The van der Waals surface area contributed by atoms with E-state index in [0.29, 0.717) is 6.42 Å². The third-order valence-electron chi connectivity index (χ3n) is 3.04. The molecule has 142 valence electrons. The molecule has 0 rings (SSSR count). The summed E-state index contributed by atoms with van der Waals surface area (Å²) in [6.07, 6.45) is -0.239. The highest BCUT2D eigenvalue weighted by molar-refractivity contribution is 5.90. The minimum absolute atomic E-state index is 0.119. The summed E-state index contributed by atoms with van der Waals surface area (Å²) >= 11 is 0. The van der Waals surface area contributed by atoms with Crippen molar-refractivity contribution >= 4 is 29.7 Å². The van der Waals surface area contributed by atoms with Crippen LogP contribution in [-0.4, -0.2) is 65.1 Å². The average Bonchev–Trinajstić information content (AvgIpc) is 2.52. The second kappa shape index (κ2) is 11.6. The third kappa shape index (κ3) is 10.5. The normalized spacial score (nSPS) is 12.5. The Balaban J connectivity index is 4.85. The van der Waals surface area contributed by atoms with Gasteiger partial charge in [-0.3, -0.25) is 19.4 Å². The fourth-order valence-electron chi connectivity index (χ4n) is 1.82. The SMILES string of the molecule is NCC(=O)N[C@@H](CCCN=C(N)N)C(=O)N[C@@H](CCC(=O)O)C(=O)O. The van der Waals surface area contributed by atoms with Gasteiger partial charge in [-0.2, -0.15) is 0 Å². The van der Waals surface area contributed by atoms with Gasteiger partial charge in [0.2, 0.25) is 11.8 Å². The maximum atomic E-state index is 12.2. The zero-order chi connectivity index (χ0) is 19.4. The van der Waals surface area contributed by atoms with Gasteiger partial charge in [0.1, 0.15) is 12.1 Å². The molecular formula is C13H24N6O6. The first-order valence-corrected chi connectivity index (χ1v) is 7.47. The standard InChI is InChI=1S/C13H24N6O6/c14-6-9(20)18-7(2-1-5-17-13(15)16)11(23)19-8(12(24)25)3-4-10(21)22/h7-8H,1-6,14H2,(H,18,20)(H,19,23)(H,21,22)(H,24,25)(H4,15,16,17)/t7-,8-/m0/s1. The van der Waals surface area contributed by atoms with Crippen molar-refractivity contribution in [1.82, 2.24) is 10.6 Å². The number of nitrogens with two attached hydrogens (primary N) is 3. The molecule has 0 aliphatic heterocycles. The van der Waals surface area contributed by atoms with Crippen LogP contribution in [0.4, 0.5) is 0 Å². The van der Waals surface area contributed by atoms with Gasteiger partial charge >= 0.3 is 11.9 Å². The Bertz CT molecular complexity index is 519. The molecule has 0 aromatic heterocycles. The lowest BCUT2D eigenvalue weighted by Crippen LogP contribution is -2.52. The van der Waals surface area contributed by atoms with Crippen molar-refractivity contribution in [3.63, 3.8) is 0 Å². The Labute approximate surface area is 143 Å². The number of amides is 2. The molecule has 0 radical (unpaired) electrons. The number of carbonyl (C=O) groups is 4. The largest absolute Gasteiger partial charge is 0.481 e. The molecule has 2 amide bonds. The number of carboxylic acid groups (broad SMARTS) is 2. The van der Waals surface area contributed by atoms with Crippen LogP contribution in [0.5, 0.6) is 0 Å². The van der Waals surface area contributed by atoms with Crippen LogP contribution in [0, 0.1) is 0 Å². The highest BCUT2D eigenvalue weighted by Gasteiger charge is 2.26. The minimum Gasteiger partial charge on any atom is -0.481 e. The number of nitrogens with zero attached hydrogens (tertiary/aromatic N) is 1. The molecule has 0 heterocycles. The summed E-state index contributed by atoms with van der Waals surface area (Å²) in [6, 6.07) is -2.43. The van der Waals surface area contributed by atoms with Crippen LogP contribution in [0.3, 0.4) is 0 Å². The van der Waals surface area contributed by atoms with Gasteiger partial charge in [0, 0.05) is 13.0 Å². The van der Waals surface area contributed by atoms with E-state index in [9.17, 15) is 19.2 Å². The topological polar surface area (TPSA) is 223 Å². The molecule has 0 fully saturated rings. The van der Waals surface area contributed by atoms with E-state index in [1.54, 1.807) is 0 Å². The van der Waals surface area contributed by atoms with Crippen molar-refractivity contribution in [3.8, 4) is 0 Å². The molecule has 25 heavy (non-hydrogen) atoms. The van der Waals surface area contributed by atoms with E-state index in [1.165, 1.54) is 0 Å². The van der Waals surface area contributed by atoms with E-state index in [0.717, 1.165) is 0 Å². The van der Waals surface area contributed by atoms with E-state index < -0.39 is 42.3 Å². The minimum atomic E-state index is -1.39. The summed E-state index contributed by atoms with van der Waals surface area (Å²) in [7, 11) is 0. The molecular weight excluding hydrogens is 336 g/mol. The van der Waals surface area contributed by atoms with Gasteiger partial charge in [0.05, 0.1) is 6.54 Å². The quantitative estimate of drug-likeness (QED) is 0.106. The van der Waals surface area contributed by atoms with Crippen molar-refractivity contribution < 1.29 is 29.4 Å². The Morgan fingerprint density at radius 3 is 2.12 bits per heavy atom. The molecule has 0 aromatic carbocycles. The van der Waals surface area contributed by atoms with Gasteiger partial charge < -0.3 is 38.0 Å². The van der Waals surface area contributed by atoms with Crippen molar-refractivity contribution in [2.24, 2.45) is 22.2 Å². The van der Waals surface area contributed by atoms with Crippen LogP contribution in [-0.2, 0) is 19.2 Å². The van der Waals surface area contributed by atoms with Gasteiger partial charge in [-0.25, -0.2) is 4.79 Å². The molecule has 0 aromatic rings. The van der Waals surface area contributed by atoms with Crippen molar-refractivity contribution in [2.75, 3.05) is 13.1 Å². The predicted octanol–water partition coefficient (Wildman–Crippen LogP) is -3.08. The zero-order valence-corrected chi connectivity index (χ0v) is 13.6. The molecule has 0 saturated heterocycles. The number of hydrogen-bond acceptors (Lipinski definition) is 6. The van der Waals surface area contributed by atoms with E-state index in [1.807, 2.05) is 0 Å². The second-order valence-electron chi connectivity index (χ2n) is 5.10. The highest BCUT2D eigenvalue weighted by atomic mass is 16.4. The number of carboxylic acids is 2. The predicted molar refractivity (Wildman–Crippen MR) is 87.3 cm³/mol. The number of carbonyl (C=O) groups excluding carboxylic acids is 2. The number of aliphatic imine (C=N–C) groups is 1. The molecule has 12 nitrogen and oxygen atoms in total. The Morgan fingerprint density at radius 1 is 1.00 bits per heavy atom. The number of hydrogen-bond donors (Lipinski definition) is 7. The number of aliphatic carboxylic acids is 2. The first-order chi connectivity index (χ1) is 11.7. The summed E-state index contributed by atoms with van der Waals surface area (Å²) < 4.78 is 0. The van der Waals surface area contributed by atoms with Crippen LogP contribution in [0.1, 0.15) is 25.7 Å². The lowest BCUT2D eigenvalue weighted by molar-refractivity contribution is -0.143. The molecule has 0 aliphatic carbocycles. The monoisotopic (exact) mass is 360 g/mol. The van der Waals surface area contributed by atoms with Crippen molar-refractivity contribution in [3.05, 3.63) is 0 Å². The van der Waals surface area contributed by atoms with Gasteiger partial charge in [0.25, 0.3) is 0 Å². The molecule has 0 aliphatic rings. The van der Waals surface area contributed by atoms with E-state index in [-0.39, 0.29) is 31.9 Å². The van der Waals surface area contributed by atoms with Crippen LogP contribution in [0.15, 0.2) is 4.99 Å². The molecule has 0 spiro atoms. The summed E-state index contributed by atoms with van der Waals surface area (Å²) in [4.78, 5) is 49.1. The van der Waals surface area contributed by atoms with Crippen molar-refractivity contribution in [1.29, 1.82) is 0 Å². The maximum Gasteiger partial charge on any atom is 0.326 e. The fraction of sp³-hybridized carbons (Fsp3) is 0.615. The Morgan fingerprint density at radius 2 is 1.64 bits per heavy atom. The van der Waals surface area contributed by atoms with E-state index in [4.69, 9.17) is 27.4 Å².